The molecule has 28 heavy (non-hydrogen) atoms. The van der Waals surface area contributed by atoms with E-state index in [2.05, 4.69) is 45.7 Å². The minimum Gasteiger partial charge on any atom is -0.356 e. The zero-order chi connectivity index (χ0) is 19.8. The summed E-state index contributed by atoms with van der Waals surface area (Å²) < 4.78 is 3.59. The molecule has 148 valence electrons. The number of aromatic nitrogens is 6. The maximum Gasteiger partial charge on any atom is 0.254 e. The molecular formula is C20H27N7O. The van der Waals surface area contributed by atoms with Crippen LogP contribution in [-0.2, 0) is 6.54 Å². The van der Waals surface area contributed by atoms with Gasteiger partial charge in [-0.1, -0.05) is 13.8 Å². The number of nitrogens with zero attached hydrogens (tertiary/aromatic N) is 7. The summed E-state index contributed by atoms with van der Waals surface area (Å²) in [5.74, 6) is 2.46. The summed E-state index contributed by atoms with van der Waals surface area (Å²) in [6, 6.07) is 1.67. The summed E-state index contributed by atoms with van der Waals surface area (Å²) in [6.07, 6.45) is 5.31. The van der Waals surface area contributed by atoms with E-state index in [1.807, 2.05) is 11.4 Å². The Morgan fingerprint density at radius 2 is 1.93 bits per heavy atom. The molecule has 4 heterocycles. The molecule has 8 nitrogen and oxygen atoms in total. The van der Waals surface area contributed by atoms with Gasteiger partial charge in [0.2, 0.25) is 0 Å². The largest absolute Gasteiger partial charge is 0.356 e. The van der Waals surface area contributed by atoms with Crippen molar-refractivity contribution in [2.45, 2.75) is 53.0 Å². The number of rotatable bonds is 4. The molecule has 0 atom stereocenters. The maximum atomic E-state index is 12.4. The third-order valence-electron chi connectivity index (χ3n) is 5.74. The van der Waals surface area contributed by atoms with Gasteiger partial charge >= 0.3 is 0 Å². The molecule has 1 fully saturated rings. The highest BCUT2D eigenvalue weighted by atomic mass is 16.1. The highest BCUT2D eigenvalue weighted by Gasteiger charge is 2.24. The second-order valence-corrected chi connectivity index (χ2v) is 8.01. The molecule has 0 radical (unpaired) electrons. The zero-order valence-electron chi connectivity index (χ0n) is 17.0. The maximum absolute atomic E-state index is 12.4. The predicted octanol–water partition coefficient (Wildman–Crippen LogP) is 2.34. The average molecular weight is 381 g/mol. The van der Waals surface area contributed by atoms with Crippen molar-refractivity contribution in [3.63, 3.8) is 0 Å². The molecule has 8 heteroatoms. The van der Waals surface area contributed by atoms with Gasteiger partial charge in [-0.05, 0) is 38.5 Å². The van der Waals surface area contributed by atoms with E-state index in [9.17, 15) is 4.79 Å². The molecule has 0 saturated carbocycles. The van der Waals surface area contributed by atoms with E-state index in [0.29, 0.717) is 11.7 Å². The SMILES string of the molecule is Cc1nc2ncnn2c(N2CCC(Cn3cnc(C(C)C)cc3=O)CC2)c1C. The lowest BCUT2D eigenvalue weighted by molar-refractivity contribution is 0.349. The van der Waals surface area contributed by atoms with Crippen LogP contribution in [0, 0.1) is 19.8 Å². The van der Waals surface area contributed by atoms with Crippen molar-refractivity contribution >= 4 is 11.6 Å². The fourth-order valence-corrected chi connectivity index (χ4v) is 3.89. The minimum atomic E-state index is 0.0473. The van der Waals surface area contributed by atoms with Crippen LogP contribution in [0.3, 0.4) is 0 Å². The topological polar surface area (TPSA) is 81.2 Å². The van der Waals surface area contributed by atoms with Gasteiger partial charge in [0.1, 0.15) is 12.1 Å². The number of hydrogen-bond donors (Lipinski definition) is 0. The first-order valence-corrected chi connectivity index (χ1v) is 9.92. The van der Waals surface area contributed by atoms with Crippen LogP contribution in [0.5, 0.6) is 0 Å². The number of piperidine rings is 1. The molecule has 0 N–H and O–H groups in total. The van der Waals surface area contributed by atoms with Crippen LogP contribution >= 0.6 is 0 Å². The zero-order valence-corrected chi connectivity index (χ0v) is 17.0. The van der Waals surface area contributed by atoms with E-state index in [1.165, 1.54) is 0 Å². The van der Waals surface area contributed by atoms with E-state index < -0.39 is 0 Å². The van der Waals surface area contributed by atoms with Crippen molar-refractivity contribution in [3.05, 3.63) is 46.0 Å². The Morgan fingerprint density at radius 3 is 2.61 bits per heavy atom. The molecule has 0 unspecified atom stereocenters. The van der Waals surface area contributed by atoms with E-state index in [0.717, 1.165) is 55.2 Å². The third kappa shape index (κ3) is 3.39. The van der Waals surface area contributed by atoms with Crippen LogP contribution in [0.2, 0.25) is 0 Å². The molecular weight excluding hydrogens is 354 g/mol. The number of hydrogen-bond acceptors (Lipinski definition) is 6. The highest BCUT2D eigenvalue weighted by Crippen LogP contribution is 2.27. The fraction of sp³-hybridized carbons (Fsp3) is 0.550. The van der Waals surface area contributed by atoms with E-state index in [4.69, 9.17) is 0 Å². The van der Waals surface area contributed by atoms with Gasteiger partial charge in [0.05, 0.1) is 12.0 Å². The van der Waals surface area contributed by atoms with Crippen molar-refractivity contribution in [2.75, 3.05) is 18.0 Å². The van der Waals surface area contributed by atoms with Crippen LogP contribution in [0.25, 0.3) is 5.78 Å². The number of aryl methyl sites for hydroxylation is 1. The van der Waals surface area contributed by atoms with Gasteiger partial charge in [-0.3, -0.25) is 9.36 Å². The standard InChI is InChI=1S/C20H27N7O/c1-13(2)17-9-18(28)26(12-22-17)10-16-5-7-25(8-6-16)19-14(3)15(4)24-20-21-11-23-27(19)20/h9,11-13,16H,5-8,10H2,1-4H3. The van der Waals surface area contributed by atoms with Gasteiger partial charge in [-0.25, -0.2) is 9.97 Å². The molecule has 3 aromatic rings. The molecule has 4 rings (SSSR count). The quantitative estimate of drug-likeness (QED) is 0.690. The Labute approximate surface area is 164 Å². The average Bonchev–Trinajstić information content (AvgIpc) is 3.13. The first kappa shape index (κ1) is 18.6. The molecule has 0 amide bonds. The second kappa shape index (κ2) is 7.33. The molecule has 0 spiro atoms. The minimum absolute atomic E-state index is 0.0473. The Balaban J connectivity index is 1.48. The summed E-state index contributed by atoms with van der Waals surface area (Å²) in [7, 11) is 0. The van der Waals surface area contributed by atoms with E-state index in [-0.39, 0.29) is 11.5 Å². The summed E-state index contributed by atoms with van der Waals surface area (Å²) in [5, 5.41) is 4.36. The Morgan fingerprint density at radius 1 is 1.18 bits per heavy atom. The summed E-state index contributed by atoms with van der Waals surface area (Å²) in [5.41, 5.74) is 3.03. The summed E-state index contributed by atoms with van der Waals surface area (Å²) in [6.45, 7) is 10.8. The first-order chi connectivity index (χ1) is 13.4. The fourth-order valence-electron chi connectivity index (χ4n) is 3.89. The van der Waals surface area contributed by atoms with Gasteiger partial charge in [-0.15, -0.1) is 0 Å². The van der Waals surface area contributed by atoms with Gasteiger partial charge in [0.25, 0.3) is 11.3 Å². The molecule has 0 bridgehead atoms. The third-order valence-corrected chi connectivity index (χ3v) is 5.74. The molecule has 1 saturated heterocycles. The monoisotopic (exact) mass is 381 g/mol. The van der Waals surface area contributed by atoms with Crippen LogP contribution in [0.1, 0.15) is 49.6 Å². The van der Waals surface area contributed by atoms with Crippen LogP contribution < -0.4 is 10.5 Å². The van der Waals surface area contributed by atoms with Crippen molar-refractivity contribution in [3.8, 4) is 0 Å². The van der Waals surface area contributed by atoms with Gasteiger partial charge in [0.15, 0.2) is 0 Å². The van der Waals surface area contributed by atoms with Crippen LogP contribution in [-0.4, -0.2) is 42.2 Å². The molecule has 1 aliphatic rings. The highest BCUT2D eigenvalue weighted by molar-refractivity contribution is 5.54. The lowest BCUT2D eigenvalue weighted by Crippen LogP contribution is -2.38. The Kier molecular flexibility index (Phi) is 4.87. The lowest BCUT2D eigenvalue weighted by atomic mass is 9.96. The van der Waals surface area contributed by atoms with Crippen molar-refractivity contribution in [1.82, 2.24) is 29.1 Å². The number of anilines is 1. The number of fused-ring (bicyclic) bond motifs is 1. The van der Waals surface area contributed by atoms with Gasteiger partial charge in [-0.2, -0.15) is 14.6 Å². The van der Waals surface area contributed by atoms with Gasteiger partial charge < -0.3 is 4.90 Å². The molecule has 0 aromatic carbocycles. The van der Waals surface area contributed by atoms with Gasteiger partial charge in [0, 0.05) is 37.0 Å². The van der Waals surface area contributed by atoms with Crippen LogP contribution in [0.4, 0.5) is 5.82 Å². The van der Waals surface area contributed by atoms with Crippen molar-refractivity contribution in [1.29, 1.82) is 0 Å². The summed E-state index contributed by atoms with van der Waals surface area (Å²) >= 11 is 0. The van der Waals surface area contributed by atoms with Crippen molar-refractivity contribution in [2.24, 2.45) is 5.92 Å². The lowest BCUT2D eigenvalue weighted by Gasteiger charge is -2.34. The van der Waals surface area contributed by atoms with E-state index in [1.54, 1.807) is 23.3 Å². The van der Waals surface area contributed by atoms with Crippen molar-refractivity contribution < 1.29 is 0 Å². The predicted molar refractivity (Wildman–Crippen MR) is 108 cm³/mol. The molecule has 0 aliphatic carbocycles. The smallest absolute Gasteiger partial charge is 0.254 e. The van der Waals surface area contributed by atoms with Crippen LogP contribution in [0.15, 0.2) is 23.5 Å². The Hall–Kier alpha value is -2.77. The first-order valence-electron chi connectivity index (χ1n) is 9.92. The molecule has 1 aliphatic heterocycles. The summed E-state index contributed by atoms with van der Waals surface area (Å²) in [4.78, 5) is 28.0. The van der Waals surface area contributed by atoms with E-state index >= 15 is 0 Å². The Bertz CT molecular complexity index is 1040. The molecule has 3 aromatic heterocycles. The normalized spacial score (nSPS) is 15.7. The second-order valence-electron chi connectivity index (χ2n) is 8.01.